The molecule has 1 aromatic carbocycles. The van der Waals surface area contributed by atoms with Crippen LogP contribution in [0.25, 0.3) is 0 Å². The molecular weight excluding hydrogens is 318 g/mol. The van der Waals surface area contributed by atoms with Crippen molar-refractivity contribution in [3.05, 3.63) is 45.9 Å². The van der Waals surface area contributed by atoms with Gasteiger partial charge in [-0.3, -0.25) is 4.79 Å². The van der Waals surface area contributed by atoms with Crippen LogP contribution in [0.5, 0.6) is 0 Å². The quantitative estimate of drug-likeness (QED) is 0.748. The Morgan fingerprint density at radius 3 is 2.94 bits per heavy atom. The molecule has 0 aliphatic heterocycles. The van der Waals surface area contributed by atoms with E-state index in [-0.39, 0.29) is 5.91 Å². The van der Waals surface area contributed by atoms with E-state index in [0.29, 0.717) is 30.3 Å². The number of nitrogens with zero attached hydrogens (tertiary/aromatic N) is 1. The van der Waals surface area contributed by atoms with Crippen molar-refractivity contribution in [2.45, 2.75) is 0 Å². The Morgan fingerprint density at radius 2 is 2.33 bits per heavy atom. The normalized spacial score (nSPS) is 10.2. The first-order valence-electron chi connectivity index (χ1n) is 5.44. The van der Waals surface area contributed by atoms with Crippen molar-refractivity contribution in [3.63, 3.8) is 0 Å². The van der Waals surface area contributed by atoms with Crippen molar-refractivity contribution in [3.8, 4) is 0 Å². The highest BCUT2D eigenvalue weighted by Gasteiger charge is 2.17. The van der Waals surface area contributed by atoms with Crippen LogP contribution in [0.1, 0.15) is 10.4 Å². The van der Waals surface area contributed by atoms with Gasteiger partial charge in [0.1, 0.15) is 0 Å². The molecular formula is C13H15BrClNO2. The van der Waals surface area contributed by atoms with Crippen LogP contribution in [0.4, 0.5) is 0 Å². The third-order valence-electron chi connectivity index (χ3n) is 2.36. The molecule has 0 aliphatic carbocycles. The van der Waals surface area contributed by atoms with E-state index >= 15 is 0 Å². The molecule has 0 atom stereocenters. The van der Waals surface area contributed by atoms with Gasteiger partial charge in [-0.25, -0.2) is 0 Å². The Labute approximate surface area is 121 Å². The van der Waals surface area contributed by atoms with Gasteiger partial charge in [-0.1, -0.05) is 33.6 Å². The molecule has 3 nitrogen and oxygen atoms in total. The number of amides is 1. The summed E-state index contributed by atoms with van der Waals surface area (Å²) in [5.41, 5.74) is 0.476. The van der Waals surface area contributed by atoms with Gasteiger partial charge in [0.05, 0.1) is 17.2 Å². The Bertz CT molecular complexity index is 437. The highest BCUT2D eigenvalue weighted by molar-refractivity contribution is 9.10. The molecule has 1 rings (SSSR count). The zero-order valence-electron chi connectivity index (χ0n) is 10.2. The highest BCUT2D eigenvalue weighted by Crippen LogP contribution is 2.22. The zero-order valence-corrected chi connectivity index (χ0v) is 12.5. The number of carbonyl (C=O) groups is 1. The summed E-state index contributed by atoms with van der Waals surface area (Å²) in [6, 6.07) is 5.21. The summed E-state index contributed by atoms with van der Waals surface area (Å²) in [6.45, 7) is 5.09. The summed E-state index contributed by atoms with van der Waals surface area (Å²) < 4.78 is 5.81. The summed E-state index contributed by atoms with van der Waals surface area (Å²) in [5.74, 6) is -0.127. The lowest BCUT2D eigenvalue weighted by Crippen LogP contribution is -2.34. The monoisotopic (exact) mass is 331 g/mol. The summed E-state index contributed by atoms with van der Waals surface area (Å²) in [6.07, 6.45) is 1.68. The van der Waals surface area contributed by atoms with E-state index in [0.717, 1.165) is 4.47 Å². The van der Waals surface area contributed by atoms with Crippen LogP contribution in [0.3, 0.4) is 0 Å². The van der Waals surface area contributed by atoms with Gasteiger partial charge in [0.25, 0.3) is 5.91 Å². The lowest BCUT2D eigenvalue weighted by Gasteiger charge is -2.21. The summed E-state index contributed by atoms with van der Waals surface area (Å²) in [4.78, 5) is 14.0. The minimum absolute atomic E-state index is 0.127. The smallest absolute Gasteiger partial charge is 0.255 e. The van der Waals surface area contributed by atoms with Crippen LogP contribution in [0.15, 0.2) is 35.3 Å². The molecule has 18 heavy (non-hydrogen) atoms. The van der Waals surface area contributed by atoms with Gasteiger partial charge in [0.2, 0.25) is 0 Å². The molecule has 0 aromatic heterocycles. The van der Waals surface area contributed by atoms with Crippen molar-refractivity contribution in [1.29, 1.82) is 0 Å². The SMILES string of the molecule is C=CCN(CCOC)C(=O)c1cc(Br)ccc1Cl. The van der Waals surface area contributed by atoms with Crippen LogP contribution < -0.4 is 0 Å². The highest BCUT2D eigenvalue weighted by atomic mass is 79.9. The molecule has 1 amide bonds. The Balaban J connectivity index is 2.93. The Morgan fingerprint density at radius 1 is 1.61 bits per heavy atom. The fourth-order valence-corrected chi connectivity index (χ4v) is 2.02. The summed E-state index contributed by atoms with van der Waals surface area (Å²) in [5, 5.41) is 0.440. The molecule has 0 heterocycles. The average Bonchev–Trinajstić information content (AvgIpc) is 2.36. The number of hydrogen-bond acceptors (Lipinski definition) is 2. The number of benzene rings is 1. The molecule has 98 valence electrons. The number of ether oxygens (including phenoxy) is 1. The van der Waals surface area contributed by atoms with E-state index in [1.165, 1.54) is 0 Å². The van der Waals surface area contributed by atoms with Gasteiger partial charge < -0.3 is 9.64 Å². The fraction of sp³-hybridized carbons (Fsp3) is 0.308. The van der Waals surface area contributed by atoms with E-state index in [1.54, 1.807) is 36.3 Å². The van der Waals surface area contributed by atoms with E-state index in [2.05, 4.69) is 22.5 Å². The first kappa shape index (κ1) is 15.2. The van der Waals surface area contributed by atoms with Crippen molar-refractivity contribution in [2.75, 3.05) is 26.8 Å². The minimum Gasteiger partial charge on any atom is -0.383 e. The molecule has 5 heteroatoms. The second kappa shape index (κ2) is 7.56. The molecule has 0 saturated heterocycles. The van der Waals surface area contributed by atoms with Crippen molar-refractivity contribution in [2.24, 2.45) is 0 Å². The number of hydrogen-bond donors (Lipinski definition) is 0. The summed E-state index contributed by atoms with van der Waals surface area (Å²) >= 11 is 9.38. The average molecular weight is 333 g/mol. The lowest BCUT2D eigenvalue weighted by atomic mass is 10.2. The van der Waals surface area contributed by atoms with Crippen LogP contribution in [-0.2, 0) is 4.74 Å². The molecule has 1 aromatic rings. The predicted octanol–water partition coefficient (Wildman–Crippen LogP) is 3.38. The second-order valence-corrected chi connectivity index (χ2v) is 4.98. The molecule has 0 spiro atoms. The van der Waals surface area contributed by atoms with E-state index < -0.39 is 0 Å². The van der Waals surface area contributed by atoms with Crippen LogP contribution in [0.2, 0.25) is 5.02 Å². The van der Waals surface area contributed by atoms with Gasteiger partial charge in [-0.15, -0.1) is 6.58 Å². The molecule has 0 bridgehead atoms. The fourth-order valence-electron chi connectivity index (χ4n) is 1.46. The third-order valence-corrected chi connectivity index (χ3v) is 3.18. The first-order valence-corrected chi connectivity index (χ1v) is 6.61. The number of carbonyl (C=O) groups excluding carboxylic acids is 1. The second-order valence-electron chi connectivity index (χ2n) is 3.66. The first-order chi connectivity index (χ1) is 8.60. The number of methoxy groups -OCH3 is 1. The van der Waals surface area contributed by atoms with Gasteiger partial charge in [-0.2, -0.15) is 0 Å². The minimum atomic E-state index is -0.127. The molecule has 0 fully saturated rings. The molecule has 0 saturated carbocycles. The largest absolute Gasteiger partial charge is 0.383 e. The summed E-state index contributed by atoms with van der Waals surface area (Å²) in [7, 11) is 1.60. The molecule has 0 N–H and O–H groups in total. The van der Waals surface area contributed by atoms with Gasteiger partial charge in [0.15, 0.2) is 0 Å². The maximum Gasteiger partial charge on any atom is 0.255 e. The zero-order chi connectivity index (χ0) is 13.5. The van der Waals surface area contributed by atoms with Crippen LogP contribution >= 0.6 is 27.5 Å². The van der Waals surface area contributed by atoms with Gasteiger partial charge in [0, 0.05) is 24.7 Å². The molecule has 0 aliphatic rings. The van der Waals surface area contributed by atoms with Gasteiger partial charge in [-0.05, 0) is 18.2 Å². The van der Waals surface area contributed by atoms with E-state index in [9.17, 15) is 4.79 Å². The molecule has 0 radical (unpaired) electrons. The predicted molar refractivity (Wildman–Crippen MR) is 77.1 cm³/mol. The maximum atomic E-state index is 12.3. The van der Waals surface area contributed by atoms with Gasteiger partial charge >= 0.3 is 0 Å². The van der Waals surface area contributed by atoms with Crippen LogP contribution in [-0.4, -0.2) is 37.6 Å². The Hall–Kier alpha value is -0.840. The van der Waals surface area contributed by atoms with Crippen molar-refractivity contribution in [1.82, 2.24) is 4.90 Å². The number of halogens is 2. The maximum absolute atomic E-state index is 12.3. The lowest BCUT2D eigenvalue weighted by molar-refractivity contribution is 0.0718. The topological polar surface area (TPSA) is 29.5 Å². The molecule has 0 unspecified atom stereocenters. The van der Waals surface area contributed by atoms with Crippen molar-refractivity contribution >= 4 is 33.4 Å². The standard InChI is InChI=1S/C13H15BrClNO2/c1-3-6-16(7-8-18-2)13(17)11-9-10(14)4-5-12(11)15/h3-5,9H,1,6-8H2,2H3. The number of rotatable bonds is 6. The van der Waals surface area contributed by atoms with E-state index in [1.807, 2.05) is 0 Å². The third kappa shape index (κ3) is 4.12. The van der Waals surface area contributed by atoms with Crippen LogP contribution in [0, 0.1) is 0 Å². The Kier molecular flexibility index (Phi) is 6.39. The van der Waals surface area contributed by atoms with Crippen molar-refractivity contribution < 1.29 is 9.53 Å². The van der Waals surface area contributed by atoms with E-state index in [4.69, 9.17) is 16.3 Å².